The molecule has 0 saturated carbocycles. The van der Waals surface area contributed by atoms with Crippen LogP contribution in [0.15, 0.2) is 176 Å². The maximum Gasteiger partial charge on any atom is 0.171 e. The second-order valence-corrected chi connectivity index (χ2v) is 14.9. The molecule has 0 aliphatic carbocycles. The summed E-state index contributed by atoms with van der Waals surface area (Å²) in [6.45, 7) is 0. The topological polar surface area (TPSA) is 42.9 Å². The van der Waals surface area contributed by atoms with Crippen LogP contribution in [0, 0.1) is 0 Å². The van der Waals surface area contributed by atoms with E-state index in [1.807, 2.05) is 78.9 Å². The molecule has 0 saturated heterocycles. The molecular weight excluding hydrogens is 603 g/mol. The Labute approximate surface area is 278 Å². The van der Waals surface area contributed by atoms with Crippen LogP contribution < -0.4 is 15.9 Å². The first-order chi connectivity index (χ1) is 23.6. The van der Waals surface area contributed by atoms with Crippen LogP contribution in [0.25, 0.3) is 65.9 Å². The largest absolute Gasteiger partial charge is 0.309 e. The molecule has 0 fully saturated rings. The summed E-state index contributed by atoms with van der Waals surface area (Å²) in [7, 11) is -3.18. The Kier molecular flexibility index (Phi) is 6.74. The number of hydrogen-bond donors (Lipinski definition) is 0. The minimum Gasteiger partial charge on any atom is -0.309 e. The van der Waals surface area contributed by atoms with Crippen LogP contribution >= 0.6 is 7.14 Å². The summed E-state index contributed by atoms with van der Waals surface area (Å²) in [6, 6.07) is 59.6. The summed E-state index contributed by atoms with van der Waals surface area (Å²) < 4.78 is 15.3. The molecule has 0 spiro atoms. The van der Waals surface area contributed by atoms with Crippen LogP contribution in [0.3, 0.4) is 0 Å². The lowest BCUT2D eigenvalue weighted by Gasteiger charge is -2.20. The van der Waals surface area contributed by atoms with Gasteiger partial charge in [-0.3, -0.25) is 0 Å². The van der Waals surface area contributed by atoms with Gasteiger partial charge in [0.2, 0.25) is 0 Å². The second-order valence-electron chi connectivity index (χ2n) is 12.1. The number of nitrogens with zero attached hydrogens (tertiary/aromatic N) is 2. The zero-order chi connectivity index (χ0) is 32.1. The van der Waals surface area contributed by atoms with Crippen molar-refractivity contribution in [3.63, 3.8) is 0 Å². The zero-order valence-electron chi connectivity index (χ0n) is 26.0. The lowest BCUT2D eigenvalue weighted by Crippen LogP contribution is -2.25. The summed E-state index contributed by atoms with van der Waals surface area (Å²) in [5, 5.41) is 9.20. The van der Waals surface area contributed by atoms with E-state index in [2.05, 4.69) is 97.1 Å². The second kappa shape index (κ2) is 11.4. The SMILES string of the molecule is O=P(c1ccccc1)(c1ccc(-c2ccc3ccc4ccccc4c3n2)cc1)c1ccc(-c2ccc3ccc4ccccc4c3n2)cc1. The van der Waals surface area contributed by atoms with E-state index < -0.39 is 7.14 Å². The molecule has 0 bridgehead atoms. The highest BCUT2D eigenvalue weighted by molar-refractivity contribution is 7.85. The fraction of sp³-hybridized carbons (Fsp3) is 0. The minimum absolute atomic E-state index is 0.784. The molecule has 0 aliphatic rings. The van der Waals surface area contributed by atoms with Crippen molar-refractivity contribution in [2.45, 2.75) is 0 Å². The van der Waals surface area contributed by atoms with Gasteiger partial charge in [-0.1, -0.05) is 164 Å². The smallest absolute Gasteiger partial charge is 0.171 e. The molecule has 0 N–H and O–H groups in total. The van der Waals surface area contributed by atoms with E-state index in [-0.39, 0.29) is 0 Å². The molecule has 9 aromatic rings. The van der Waals surface area contributed by atoms with Gasteiger partial charge in [0.05, 0.1) is 22.4 Å². The molecule has 0 radical (unpaired) electrons. The highest BCUT2D eigenvalue weighted by atomic mass is 31.2. The van der Waals surface area contributed by atoms with Crippen LogP contribution in [0.2, 0.25) is 0 Å². The number of aromatic nitrogens is 2. The average Bonchev–Trinajstić information content (AvgIpc) is 3.17. The van der Waals surface area contributed by atoms with Crippen LogP contribution in [0.4, 0.5) is 0 Å². The van der Waals surface area contributed by atoms with Gasteiger partial charge in [-0.15, -0.1) is 0 Å². The summed E-state index contributed by atoms with van der Waals surface area (Å²) in [6.07, 6.45) is 0. The zero-order valence-corrected chi connectivity index (χ0v) is 26.9. The van der Waals surface area contributed by atoms with Gasteiger partial charge in [0.15, 0.2) is 7.14 Å². The Balaban J connectivity index is 1.10. The van der Waals surface area contributed by atoms with Crippen molar-refractivity contribution in [1.82, 2.24) is 9.97 Å². The summed E-state index contributed by atoms with van der Waals surface area (Å²) in [5.41, 5.74) is 5.72. The third-order valence-electron chi connectivity index (χ3n) is 9.34. The highest BCUT2D eigenvalue weighted by Gasteiger charge is 2.29. The van der Waals surface area contributed by atoms with E-state index in [1.54, 1.807) is 0 Å². The normalized spacial score (nSPS) is 11.8. The summed E-state index contributed by atoms with van der Waals surface area (Å²) >= 11 is 0. The Morgan fingerprint density at radius 1 is 0.333 bits per heavy atom. The van der Waals surface area contributed by atoms with Crippen molar-refractivity contribution in [3.05, 3.63) is 176 Å². The lowest BCUT2D eigenvalue weighted by atomic mass is 10.0. The number of hydrogen-bond acceptors (Lipinski definition) is 3. The van der Waals surface area contributed by atoms with Gasteiger partial charge in [0, 0.05) is 48.6 Å². The molecule has 7 aromatic carbocycles. The van der Waals surface area contributed by atoms with Crippen LogP contribution in [0.1, 0.15) is 0 Å². The molecule has 0 unspecified atom stereocenters. The lowest BCUT2D eigenvalue weighted by molar-refractivity contribution is 0.592. The number of rotatable bonds is 5. The van der Waals surface area contributed by atoms with Crippen molar-refractivity contribution in [2.75, 3.05) is 0 Å². The number of fused-ring (bicyclic) bond motifs is 6. The quantitative estimate of drug-likeness (QED) is 0.140. The van der Waals surface area contributed by atoms with Crippen molar-refractivity contribution in [3.8, 4) is 22.5 Å². The number of pyridine rings is 2. The Hall–Kier alpha value is -5.89. The predicted octanol–water partition coefficient (Wildman–Crippen LogP) is 10.1. The third-order valence-corrected chi connectivity index (χ3v) is 12.4. The molecule has 0 atom stereocenters. The molecule has 0 aliphatic heterocycles. The van der Waals surface area contributed by atoms with Crippen molar-refractivity contribution in [1.29, 1.82) is 0 Å². The Bertz CT molecular complexity index is 2520. The van der Waals surface area contributed by atoms with Gasteiger partial charge in [-0.25, -0.2) is 9.97 Å². The summed E-state index contributed by atoms with van der Waals surface area (Å²) in [4.78, 5) is 10.2. The van der Waals surface area contributed by atoms with Crippen LogP contribution in [-0.4, -0.2) is 9.97 Å². The fourth-order valence-electron chi connectivity index (χ4n) is 6.81. The third kappa shape index (κ3) is 4.71. The van der Waals surface area contributed by atoms with Crippen molar-refractivity contribution < 1.29 is 4.57 Å². The minimum atomic E-state index is -3.18. The van der Waals surface area contributed by atoms with Gasteiger partial charge < -0.3 is 4.57 Å². The predicted molar refractivity (Wildman–Crippen MR) is 202 cm³/mol. The first-order valence-corrected chi connectivity index (χ1v) is 17.8. The van der Waals surface area contributed by atoms with Crippen molar-refractivity contribution in [2.24, 2.45) is 0 Å². The molecule has 226 valence electrons. The van der Waals surface area contributed by atoms with Gasteiger partial charge in [-0.2, -0.15) is 0 Å². The van der Waals surface area contributed by atoms with Gasteiger partial charge in [-0.05, 0) is 22.9 Å². The first kappa shape index (κ1) is 28.3. The van der Waals surface area contributed by atoms with Gasteiger partial charge >= 0.3 is 0 Å². The monoisotopic (exact) mass is 632 g/mol. The average molecular weight is 633 g/mol. The molecule has 2 aromatic heterocycles. The summed E-state index contributed by atoms with van der Waals surface area (Å²) in [5.74, 6) is 0. The van der Waals surface area contributed by atoms with Crippen LogP contribution in [-0.2, 0) is 4.57 Å². The van der Waals surface area contributed by atoms with Crippen LogP contribution in [0.5, 0.6) is 0 Å². The maximum atomic E-state index is 15.3. The van der Waals surface area contributed by atoms with E-state index in [1.165, 1.54) is 10.8 Å². The maximum absolute atomic E-state index is 15.3. The fourth-order valence-corrected chi connectivity index (χ4v) is 9.43. The Morgan fingerprint density at radius 2 is 0.708 bits per heavy atom. The van der Waals surface area contributed by atoms with Gasteiger partial charge in [0.25, 0.3) is 0 Å². The number of benzene rings is 7. The molecule has 4 heteroatoms. The Morgan fingerprint density at radius 3 is 1.19 bits per heavy atom. The van der Waals surface area contributed by atoms with Gasteiger partial charge in [0.1, 0.15) is 0 Å². The van der Waals surface area contributed by atoms with Crippen molar-refractivity contribution >= 4 is 66.4 Å². The molecule has 0 amide bonds. The standard InChI is InChI=1S/C44H29N2OP/c47-48(36-10-2-1-3-11-36,37-24-18-32(19-25-37)41-28-22-34-16-14-30-8-4-6-12-39(30)43(34)45-41)38-26-20-33(21-27-38)42-29-23-35-17-15-31-9-5-7-13-40(31)44(35)46-42/h1-29H. The molecular formula is C44H29N2OP. The molecule has 9 rings (SSSR count). The van der Waals surface area contributed by atoms with E-state index in [0.717, 1.165) is 71.0 Å². The molecule has 3 nitrogen and oxygen atoms in total. The van der Waals surface area contributed by atoms with E-state index >= 15 is 4.57 Å². The van der Waals surface area contributed by atoms with E-state index in [0.29, 0.717) is 0 Å². The molecule has 48 heavy (non-hydrogen) atoms. The first-order valence-electron chi connectivity index (χ1n) is 16.1. The van der Waals surface area contributed by atoms with E-state index in [4.69, 9.17) is 9.97 Å². The van der Waals surface area contributed by atoms with E-state index in [9.17, 15) is 0 Å². The molecule has 2 heterocycles. The highest BCUT2D eigenvalue weighted by Crippen LogP contribution is 2.43.